The van der Waals surface area contributed by atoms with Gasteiger partial charge in [0.1, 0.15) is 0 Å². The Morgan fingerprint density at radius 3 is 0.885 bits per heavy atom. The van der Waals surface area contributed by atoms with Crippen LogP contribution in [0.5, 0.6) is 11.5 Å². The number of carbonyl (C=O) groups is 2. The summed E-state index contributed by atoms with van der Waals surface area (Å²) in [6.45, 7) is 31.3. The molecule has 14 nitrogen and oxygen atoms in total. The summed E-state index contributed by atoms with van der Waals surface area (Å²) in [6, 6.07) is 8.00. The van der Waals surface area contributed by atoms with Gasteiger partial charge in [0.2, 0.25) is 12.6 Å². The summed E-state index contributed by atoms with van der Waals surface area (Å²) in [4.78, 5) is 23.5. The maximum absolute atomic E-state index is 11.7. The van der Waals surface area contributed by atoms with Gasteiger partial charge in [0.05, 0.1) is 17.9 Å². The zero-order valence-corrected chi connectivity index (χ0v) is 43.6. The van der Waals surface area contributed by atoms with Crippen molar-refractivity contribution in [3.63, 3.8) is 0 Å². The highest BCUT2D eigenvalue weighted by molar-refractivity contribution is 9.11. The normalized spacial score (nSPS) is 16.8. The molecule has 0 aliphatic heterocycles. The molecule has 344 valence electrons. The van der Waals surface area contributed by atoms with E-state index in [9.17, 15) is 9.59 Å². The molecule has 0 radical (unpaired) electrons. The van der Waals surface area contributed by atoms with Crippen molar-refractivity contribution >= 4 is 75.7 Å². The summed E-state index contributed by atoms with van der Waals surface area (Å²) in [7, 11) is 0. The maximum Gasteiger partial charge on any atom is 0.335 e. The van der Waals surface area contributed by atoms with Crippen molar-refractivity contribution in [1.29, 1.82) is 0 Å². The lowest BCUT2D eigenvalue weighted by Crippen LogP contribution is -2.32. The van der Waals surface area contributed by atoms with Gasteiger partial charge >= 0.3 is 11.9 Å². The first-order valence-electron chi connectivity index (χ1n) is 19.5. The van der Waals surface area contributed by atoms with Crippen molar-refractivity contribution < 1.29 is 66.4 Å². The second-order valence-electron chi connectivity index (χ2n) is 14.5. The molecule has 0 aliphatic rings. The van der Waals surface area contributed by atoms with E-state index in [1.54, 1.807) is 83.1 Å². The maximum atomic E-state index is 11.7. The van der Waals surface area contributed by atoms with Gasteiger partial charge in [-0.25, -0.2) is 9.59 Å². The predicted molar refractivity (Wildman–Crippen MR) is 242 cm³/mol. The third-order valence-corrected chi connectivity index (χ3v) is 10.7. The minimum atomic E-state index is -0.841. The number of esters is 2. The number of hydrogen-bond donors (Lipinski definition) is 0. The molecule has 18 heteroatoms. The molecule has 61 heavy (non-hydrogen) atoms. The van der Waals surface area contributed by atoms with E-state index in [0.717, 1.165) is 11.1 Å². The van der Waals surface area contributed by atoms with Crippen LogP contribution >= 0.6 is 63.7 Å². The van der Waals surface area contributed by atoms with Crippen molar-refractivity contribution in [2.45, 2.75) is 165 Å². The smallest absolute Gasteiger partial charge is 0.335 e. The van der Waals surface area contributed by atoms with Crippen molar-refractivity contribution in [2.24, 2.45) is 0 Å². The standard InChI is InChI=1S/C43H60Br4O14/c1-21(2)41(48)60-31(13)56-27(9)52-23(5)50-25(7)54-29(11)58-39-35(44)17-33(18-36(39)45)43(15,16)34-19-37(46)40(38(47)20-34)59-30(12)55-26(8)51-24(6)53-28(10)57-32(14)61-42(49)22(3)4/h17-20,23-32H,1,3H2,2,4-16H3. The van der Waals surface area contributed by atoms with Crippen LogP contribution in [0, 0.1) is 0 Å². The molecule has 2 aromatic rings. The van der Waals surface area contributed by atoms with Crippen LogP contribution in [0.1, 0.15) is 108 Å². The van der Waals surface area contributed by atoms with Crippen molar-refractivity contribution in [3.8, 4) is 11.5 Å². The van der Waals surface area contributed by atoms with Crippen LogP contribution in [-0.4, -0.2) is 74.8 Å². The van der Waals surface area contributed by atoms with Crippen molar-refractivity contribution in [2.75, 3.05) is 0 Å². The summed E-state index contributed by atoms with van der Waals surface area (Å²) >= 11 is 14.8. The second-order valence-corrected chi connectivity index (χ2v) is 18.0. The van der Waals surface area contributed by atoms with Crippen LogP contribution in [0.3, 0.4) is 0 Å². The van der Waals surface area contributed by atoms with Gasteiger partial charge in [0, 0.05) is 16.6 Å². The summed E-state index contributed by atoms with van der Waals surface area (Å²) < 4.78 is 71.5. The minimum Gasteiger partial charge on any atom is -0.463 e. The first-order chi connectivity index (χ1) is 28.2. The molecule has 10 unspecified atom stereocenters. The van der Waals surface area contributed by atoms with Gasteiger partial charge in [0.25, 0.3) is 0 Å². The van der Waals surface area contributed by atoms with E-state index < -0.39 is 80.3 Å². The second kappa shape index (κ2) is 25.5. The van der Waals surface area contributed by atoms with E-state index in [4.69, 9.17) is 56.8 Å². The SMILES string of the molecule is C=C(C)C(=O)OC(C)OC(C)OC(C)OC(C)OC(C)Oc1c(Br)cc(C(C)(C)c2cc(Br)c(OC(C)OC(C)OC(C)OC(C)OC(C)OC(=O)C(=C)C)c(Br)c2)cc1Br. The van der Waals surface area contributed by atoms with Gasteiger partial charge in [-0.3, -0.25) is 0 Å². The first kappa shape index (κ1) is 55.2. The van der Waals surface area contributed by atoms with Crippen LogP contribution in [0.15, 0.2) is 66.5 Å². The van der Waals surface area contributed by atoms with Crippen molar-refractivity contribution in [3.05, 3.63) is 77.6 Å². The summed E-state index contributed by atoms with van der Waals surface area (Å²) in [5.41, 5.74) is 2.03. The number of benzene rings is 2. The molecule has 0 aliphatic carbocycles. The lowest BCUT2D eigenvalue weighted by atomic mass is 9.78. The fourth-order valence-corrected chi connectivity index (χ4v) is 8.28. The van der Waals surface area contributed by atoms with E-state index in [1.165, 1.54) is 0 Å². The summed E-state index contributed by atoms with van der Waals surface area (Å²) in [5, 5.41) is 0. The van der Waals surface area contributed by atoms with Crippen LogP contribution in [0.25, 0.3) is 0 Å². The van der Waals surface area contributed by atoms with Crippen LogP contribution < -0.4 is 9.47 Å². The van der Waals surface area contributed by atoms with Crippen LogP contribution in [-0.2, 0) is 62.4 Å². The van der Waals surface area contributed by atoms with Gasteiger partial charge in [-0.1, -0.05) is 27.0 Å². The Labute approximate surface area is 394 Å². The molecule has 0 aromatic heterocycles. The fraction of sp³-hybridized carbons (Fsp3) is 0.581. The lowest BCUT2D eigenvalue weighted by molar-refractivity contribution is -0.314. The third kappa shape index (κ3) is 19.0. The predicted octanol–water partition coefficient (Wildman–Crippen LogP) is 11.7. The Bertz CT molecular complexity index is 1620. The quantitative estimate of drug-likeness (QED) is 0.0500. The Morgan fingerprint density at radius 1 is 0.443 bits per heavy atom. The summed E-state index contributed by atoms with van der Waals surface area (Å²) in [6.07, 6.45) is -7.43. The molecular weight excluding hydrogens is 1060 g/mol. The van der Waals surface area contributed by atoms with Gasteiger partial charge in [-0.2, -0.15) is 0 Å². The van der Waals surface area contributed by atoms with Gasteiger partial charge in [-0.15, -0.1) is 0 Å². The minimum absolute atomic E-state index is 0.268. The number of carbonyl (C=O) groups excluding carboxylic acids is 2. The molecule has 0 N–H and O–H groups in total. The molecule has 0 heterocycles. The molecule has 0 saturated heterocycles. The Hall–Kier alpha value is -1.94. The van der Waals surface area contributed by atoms with Gasteiger partial charge in [-0.05, 0) is 182 Å². The Morgan fingerprint density at radius 2 is 0.656 bits per heavy atom. The highest BCUT2D eigenvalue weighted by atomic mass is 79.9. The fourth-order valence-electron chi connectivity index (χ4n) is 5.53. The van der Waals surface area contributed by atoms with Gasteiger partial charge in [0.15, 0.2) is 61.8 Å². The lowest BCUT2D eigenvalue weighted by Gasteiger charge is -2.30. The van der Waals surface area contributed by atoms with Crippen molar-refractivity contribution in [1.82, 2.24) is 0 Å². The third-order valence-electron chi connectivity index (χ3n) is 8.32. The molecule has 10 atom stereocenters. The topological polar surface area (TPSA) is 145 Å². The van der Waals surface area contributed by atoms with Crippen LogP contribution in [0.2, 0.25) is 0 Å². The van der Waals surface area contributed by atoms with E-state index in [0.29, 0.717) is 29.4 Å². The molecular formula is C43H60Br4O14. The molecule has 0 fully saturated rings. The molecule has 2 rings (SSSR count). The molecule has 0 bridgehead atoms. The number of halogens is 4. The molecule has 0 amide bonds. The van der Waals surface area contributed by atoms with E-state index in [-0.39, 0.29) is 11.1 Å². The highest BCUT2D eigenvalue weighted by Gasteiger charge is 2.29. The average molecular weight is 1120 g/mol. The number of hydrogen-bond acceptors (Lipinski definition) is 14. The van der Waals surface area contributed by atoms with Gasteiger partial charge < -0.3 is 56.8 Å². The summed E-state index contributed by atoms with van der Waals surface area (Å²) in [5.74, 6) is -0.0205. The Balaban J connectivity index is 2.00. The Kier molecular flexibility index (Phi) is 23.1. The number of ether oxygens (including phenoxy) is 12. The zero-order valence-electron chi connectivity index (χ0n) is 37.2. The van der Waals surface area contributed by atoms with E-state index in [1.807, 2.05) is 24.3 Å². The number of rotatable bonds is 26. The highest BCUT2D eigenvalue weighted by Crippen LogP contribution is 2.44. The van der Waals surface area contributed by atoms with E-state index in [2.05, 4.69) is 90.7 Å². The van der Waals surface area contributed by atoms with Crippen LogP contribution in [0.4, 0.5) is 0 Å². The van der Waals surface area contributed by atoms with E-state index >= 15 is 0 Å². The molecule has 0 spiro atoms. The molecule has 2 aromatic carbocycles. The first-order valence-corrected chi connectivity index (χ1v) is 22.7. The average Bonchev–Trinajstić information content (AvgIpc) is 3.10. The monoisotopic (exact) mass is 1120 g/mol. The zero-order chi connectivity index (χ0) is 46.5. The largest absolute Gasteiger partial charge is 0.463 e. The molecule has 0 saturated carbocycles.